The molecule has 10 nitrogen and oxygen atoms in total. The van der Waals surface area contributed by atoms with E-state index in [-0.39, 0.29) is 23.4 Å². The number of carbonyl (C=O) groups excluding carboxylic acids is 2. The number of aromatic nitrogens is 1. The predicted molar refractivity (Wildman–Crippen MR) is 170 cm³/mol. The van der Waals surface area contributed by atoms with Gasteiger partial charge in [0.05, 0.1) is 23.3 Å². The third-order valence-electron chi connectivity index (χ3n) is 11.7. The molecule has 4 aliphatic carbocycles. The van der Waals surface area contributed by atoms with Crippen LogP contribution in [0, 0.1) is 23.2 Å². The van der Waals surface area contributed by atoms with Gasteiger partial charge in [0.2, 0.25) is 5.91 Å². The van der Waals surface area contributed by atoms with E-state index in [1.807, 2.05) is 29.3 Å². The van der Waals surface area contributed by atoms with E-state index < -0.39 is 0 Å². The summed E-state index contributed by atoms with van der Waals surface area (Å²) in [6.07, 6.45) is 9.05. The van der Waals surface area contributed by atoms with Gasteiger partial charge in [-0.25, -0.2) is 9.78 Å². The first-order valence-electron chi connectivity index (χ1n) is 16.7. The predicted octanol–water partition coefficient (Wildman–Crippen LogP) is 3.73. The molecular weight excluding hydrogens is 554 g/mol. The Morgan fingerprint density at radius 3 is 2.30 bits per heavy atom. The standard InChI is InChI=1S/C34H45N7O3/c35-32(42)34-19-23-17-24(20-34)31(25(18-23)21-34)37-33(43)41-14-13-40(28-3-1-2-4-29(28)41)30-6-5-27(22-36-30)39-11-9-38(10-12-39)26-7-15-44-16-8-26/h1-6,22-26,31H,7-21H2,(H2,35,42)(H,37,43)/t23?,24-,25+,31?,34?. The minimum absolute atomic E-state index is 0.0362. The van der Waals surface area contributed by atoms with E-state index in [2.05, 4.69) is 38.2 Å². The Balaban J connectivity index is 0.933. The van der Waals surface area contributed by atoms with Crippen molar-refractivity contribution in [2.45, 2.75) is 57.0 Å². The van der Waals surface area contributed by atoms with E-state index in [4.69, 9.17) is 15.5 Å². The van der Waals surface area contributed by atoms with E-state index in [0.717, 1.165) is 102 Å². The van der Waals surface area contributed by atoms with Gasteiger partial charge in [-0.1, -0.05) is 12.1 Å². The monoisotopic (exact) mass is 599 g/mol. The maximum Gasteiger partial charge on any atom is 0.322 e. The Morgan fingerprint density at radius 1 is 0.886 bits per heavy atom. The number of hydrogen-bond acceptors (Lipinski definition) is 7. The highest BCUT2D eigenvalue weighted by molar-refractivity contribution is 5.98. The molecule has 3 amide bonds. The summed E-state index contributed by atoms with van der Waals surface area (Å²) in [5.41, 5.74) is 8.62. The molecule has 2 saturated heterocycles. The topological polar surface area (TPSA) is 107 Å². The Morgan fingerprint density at radius 2 is 1.61 bits per heavy atom. The highest BCUT2D eigenvalue weighted by atomic mass is 16.5. The zero-order valence-electron chi connectivity index (χ0n) is 25.6. The lowest BCUT2D eigenvalue weighted by atomic mass is 9.47. The molecule has 5 atom stereocenters. The molecule has 0 spiro atoms. The molecule has 6 fully saturated rings. The second-order valence-corrected chi connectivity index (χ2v) is 14.1. The number of primary amides is 1. The maximum atomic E-state index is 13.8. The summed E-state index contributed by atoms with van der Waals surface area (Å²) in [6, 6.07) is 13.2. The molecule has 44 heavy (non-hydrogen) atoms. The number of nitrogens with zero attached hydrogens (tertiary/aromatic N) is 5. The lowest BCUT2D eigenvalue weighted by Crippen LogP contribution is -2.63. The van der Waals surface area contributed by atoms with Crippen LogP contribution in [0.3, 0.4) is 0 Å². The van der Waals surface area contributed by atoms with Gasteiger partial charge in [-0.05, 0) is 87.0 Å². The largest absolute Gasteiger partial charge is 0.381 e. The van der Waals surface area contributed by atoms with Gasteiger partial charge in [0.25, 0.3) is 0 Å². The Bertz CT molecular complexity index is 1370. The number of nitrogens with two attached hydrogens (primary N) is 1. The number of fused-ring (bicyclic) bond motifs is 1. The highest BCUT2D eigenvalue weighted by Gasteiger charge is 2.58. The average Bonchev–Trinajstić information content (AvgIpc) is 3.06. The third kappa shape index (κ3) is 4.90. The lowest BCUT2D eigenvalue weighted by molar-refractivity contribution is -0.145. The van der Waals surface area contributed by atoms with Crippen molar-refractivity contribution in [3.63, 3.8) is 0 Å². The second kappa shape index (κ2) is 11.2. The fourth-order valence-corrected chi connectivity index (χ4v) is 9.71. The smallest absolute Gasteiger partial charge is 0.322 e. The quantitative estimate of drug-likeness (QED) is 0.540. The first kappa shape index (κ1) is 28.1. The molecule has 4 heterocycles. The summed E-state index contributed by atoms with van der Waals surface area (Å²) in [4.78, 5) is 40.3. The van der Waals surface area contributed by atoms with Gasteiger partial charge in [-0.15, -0.1) is 0 Å². The van der Waals surface area contributed by atoms with Crippen molar-refractivity contribution in [1.82, 2.24) is 15.2 Å². The minimum atomic E-state index is -0.350. The molecule has 1 aromatic carbocycles. The van der Waals surface area contributed by atoms with Gasteiger partial charge in [0.1, 0.15) is 5.82 Å². The van der Waals surface area contributed by atoms with Gasteiger partial charge in [0, 0.05) is 70.0 Å². The van der Waals surface area contributed by atoms with Gasteiger partial charge in [-0.2, -0.15) is 0 Å². The number of anilines is 4. The Kier molecular flexibility index (Phi) is 7.17. The molecule has 7 aliphatic rings. The number of benzene rings is 1. The molecule has 3 aliphatic heterocycles. The number of pyridine rings is 1. The SMILES string of the molecule is NC(=O)C12CC3C[C@H](C1)C(NC(=O)N1CCN(c4ccc(N5CCN(C6CCOCC6)CC5)cn4)c4ccccc41)[C@@H](C3)C2. The highest BCUT2D eigenvalue weighted by Crippen LogP contribution is 2.60. The fraction of sp³-hybridized carbons (Fsp3) is 0.618. The van der Waals surface area contributed by atoms with E-state index in [9.17, 15) is 9.59 Å². The Labute approximate surface area is 259 Å². The van der Waals surface area contributed by atoms with Crippen LogP contribution in [-0.4, -0.2) is 86.4 Å². The number of hydrogen-bond donors (Lipinski definition) is 2. The number of carbonyl (C=O) groups is 2. The van der Waals surface area contributed by atoms with E-state index in [1.54, 1.807) is 0 Å². The van der Waals surface area contributed by atoms with Crippen molar-refractivity contribution in [3.8, 4) is 0 Å². The number of rotatable bonds is 5. The summed E-state index contributed by atoms with van der Waals surface area (Å²) < 4.78 is 5.56. The number of piperazine rings is 1. The summed E-state index contributed by atoms with van der Waals surface area (Å²) >= 11 is 0. The average molecular weight is 600 g/mol. The summed E-state index contributed by atoms with van der Waals surface area (Å²) in [5.74, 6) is 2.00. The van der Waals surface area contributed by atoms with Crippen LogP contribution in [0.2, 0.25) is 0 Å². The minimum Gasteiger partial charge on any atom is -0.381 e. The van der Waals surface area contributed by atoms with E-state index >= 15 is 0 Å². The summed E-state index contributed by atoms with van der Waals surface area (Å²) in [5, 5.41) is 3.44. The molecule has 3 unspecified atom stereocenters. The van der Waals surface area contributed by atoms with Crippen LogP contribution in [0.4, 0.5) is 27.7 Å². The molecule has 3 N–H and O–H groups in total. The van der Waals surface area contributed by atoms with Crippen LogP contribution in [0.5, 0.6) is 0 Å². The Hall–Kier alpha value is -3.37. The van der Waals surface area contributed by atoms with Crippen LogP contribution in [0.1, 0.15) is 44.9 Å². The summed E-state index contributed by atoms with van der Waals surface area (Å²) in [7, 11) is 0. The zero-order valence-corrected chi connectivity index (χ0v) is 25.6. The van der Waals surface area contributed by atoms with Gasteiger partial charge >= 0.3 is 6.03 Å². The molecule has 9 rings (SSSR count). The van der Waals surface area contributed by atoms with Crippen LogP contribution < -0.4 is 25.8 Å². The molecule has 0 radical (unpaired) electrons. The zero-order chi connectivity index (χ0) is 29.8. The summed E-state index contributed by atoms with van der Waals surface area (Å²) in [6.45, 7) is 7.22. The van der Waals surface area contributed by atoms with Crippen LogP contribution in [0.15, 0.2) is 42.6 Å². The number of nitrogens with one attached hydrogen (secondary N) is 1. The van der Waals surface area contributed by atoms with Crippen molar-refractivity contribution < 1.29 is 14.3 Å². The number of para-hydroxylation sites is 2. The molecule has 4 bridgehead atoms. The normalized spacial score (nSPS) is 32.0. The molecular formula is C34H45N7O3. The molecule has 2 aromatic rings. The van der Waals surface area contributed by atoms with Crippen LogP contribution >= 0.6 is 0 Å². The van der Waals surface area contributed by atoms with Gasteiger partial charge in [-0.3, -0.25) is 14.6 Å². The van der Waals surface area contributed by atoms with Crippen LogP contribution in [0.25, 0.3) is 0 Å². The van der Waals surface area contributed by atoms with Crippen molar-refractivity contribution >= 4 is 34.8 Å². The van der Waals surface area contributed by atoms with Crippen molar-refractivity contribution in [1.29, 1.82) is 0 Å². The molecule has 234 valence electrons. The van der Waals surface area contributed by atoms with E-state index in [1.165, 1.54) is 5.69 Å². The van der Waals surface area contributed by atoms with Crippen molar-refractivity contribution in [3.05, 3.63) is 42.6 Å². The third-order valence-corrected chi connectivity index (χ3v) is 11.7. The molecule has 10 heteroatoms. The number of urea groups is 1. The number of amides is 3. The van der Waals surface area contributed by atoms with E-state index in [0.29, 0.717) is 36.9 Å². The first-order valence-corrected chi connectivity index (χ1v) is 16.7. The van der Waals surface area contributed by atoms with Crippen molar-refractivity contribution in [2.75, 3.05) is 67.2 Å². The fourth-order valence-electron chi connectivity index (χ4n) is 9.71. The second-order valence-electron chi connectivity index (χ2n) is 14.1. The molecule has 1 aromatic heterocycles. The lowest BCUT2D eigenvalue weighted by Gasteiger charge is -2.59. The van der Waals surface area contributed by atoms with Crippen molar-refractivity contribution in [2.24, 2.45) is 28.9 Å². The maximum absolute atomic E-state index is 13.8. The molecule has 4 saturated carbocycles. The van der Waals surface area contributed by atoms with Gasteiger partial charge in [0.15, 0.2) is 0 Å². The van der Waals surface area contributed by atoms with Gasteiger partial charge < -0.3 is 25.6 Å². The first-order chi connectivity index (χ1) is 21.5. The number of ether oxygens (including phenoxy) is 1. The van der Waals surface area contributed by atoms with Crippen LogP contribution in [-0.2, 0) is 9.53 Å².